The minimum atomic E-state index is -4.43. The quantitative estimate of drug-likeness (QED) is 0.331. The second-order valence-electron chi connectivity index (χ2n) is 6.71. The molecular weight excluding hydrogens is 436 g/mol. The molecule has 0 atom stereocenters. The predicted octanol–water partition coefficient (Wildman–Crippen LogP) is 4.79. The van der Waals surface area contributed by atoms with Crippen molar-refractivity contribution in [2.24, 2.45) is 0 Å². The molecule has 1 N–H and O–H groups in total. The summed E-state index contributed by atoms with van der Waals surface area (Å²) in [4.78, 5) is 1.33. The highest BCUT2D eigenvalue weighted by molar-refractivity contribution is 7.92. The lowest BCUT2D eigenvalue weighted by Gasteiger charge is -2.20. The number of nitrogens with one attached hydrogen (secondary N) is 1. The first-order valence-electron chi connectivity index (χ1n) is 8.88. The lowest BCUT2D eigenvalue weighted by molar-refractivity contribution is 0.412. The maximum absolute atomic E-state index is 14.8. The van der Waals surface area contributed by atoms with Crippen LogP contribution in [0.25, 0.3) is 11.1 Å². The zero-order valence-electron chi connectivity index (χ0n) is 16.7. The molecule has 0 bridgehead atoms. The van der Waals surface area contributed by atoms with Gasteiger partial charge in [0.1, 0.15) is 5.75 Å². The fourth-order valence-corrected chi connectivity index (χ4v) is 4.08. The Bertz CT molecular complexity index is 1230. The molecule has 0 fully saturated rings. The SMILES string of the molecule is COc1ccc(-c2c(F)c(F)c(F)c(F)c2NS(=O)(=O)c2ccccc2)cc1N(C)C. The van der Waals surface area contributed by atoms with Crippen LogP contribution in [0.4, 0.5) is 28.9 Å². The molecule has 0 heterocycles. The molecule has 5 nitrogen and oxygen atoms in total. The zero-order chi connectivity index (χ0) is 22.9. The van der Waals surface area contributed by atoms with Crippen LogP contribution in [-0.4, -0.2) is 29.6 Å². The molecule has 0 saturated heterocycles. The van der Waals surface area contributed by atoms with Crippen molar-refractivity contribution >= 4 is 21.4 Å². The third kappa shape index (κ3) is 4.15. The number of nitrogens with zero attached hydrogens (tertiary/aromatic N) is 1. The van der Waals surface area contributed by atoms with E-state index in [1.165, 1.54) is 49.6 Å². The molecule has 164 valence electrons. The molecule has 0 aromatic heterocycles. The Hall–Kier alpha value is -3.27. The van der Waals surface area contributed by atoms with Crippen molar-refractivity contribution in [3.05, 3.63) is 71.8 Å². The second-order valence-corrected chi connectivity index (χ2v) is 8.39. The molecule has 3 rings (SSSR count). The highest BCUT2D eigenvalue weighted by Crippen LogP contribution is 2.40. The molecule has 3 aromatic rings. The molecule has 0 aliphatic heterocycles. The van der Waals surface area contributed by atoms with Crippen molar-refractivity contribution in [2.45, 2.75) is 4.90 Å². The number of halogens is 4. The van der Waals surface area contributed by atoms with Gasteiger partial charge in [-0.05, 0) is 29.8 Å². The third-order valence-corrected chi connectivity index (χ3v) is 5.87. The van der Waals surface area contributed by atoms with Gasteiger partial charge in [-0.3, -0.25) is 4.72 Å². The first kappa shape index (κ1) is 22.4. The standard InChI is InChI=1S/C21H18F4N2O3S/c1-27(2)14-11-12(9-10-15(14)30-3)16-17(22)18(23)19(24)20(25)21(16)26-31(28,29)13-7-5-4-6-8-13/h4-11,26H,1-3H3. The maximum atomic E-state index is 14.8. The molecule has 0 saturated carbocycles. The van der Waals surface area contributed by atoms with Crippen LogP contribution in [-0.2, 0) is 10.0 Å². The lowest BCUT2D eigenvalue weighted by Crippen LogP contribution is -2.17. The van der Waals surface area contributed by atoms with Gasteiger partial charge in [-0.25, -0.2) is 26.0 Å². The third-order valence-electron chi connectivity index (χ3n) is 4.51. The van der Waals surface area contributed by atoms with Crippen LogP contribution in [0.3, 0.4) is 0 Å². The van der Waals surface area contributed by atoms with Gasteiger partial charge in [-0.1, -0.05) is 24.3 Å². The summed E-state index contributed by atoms with van der Waals surface area (Å²) in [5.41, 5.74) is -1.50. The van der Waals surface area contributed by atoms with E-state index < -0.39 is 44.5 Å². The average Bonchev–Trinajstić information content (AvgIpc) is 2.76. The largest absolute Gasteiger partial charge is 0.495 e. The van der Waals surface area contributed by atoms with E-state index >= 15 is 0 Å². The van der Waals surface area contributed by atoms with Gasteiger partial charge < -0.3 is 9.64 Å². The highest BCUT2D eigenvalue weighted by atomic mass is 32.2. The van der Waals surface area contributed by atoms with Crippen LogP contribution in [0.2, 0.25) is 0 Å². The highest BCUT2D eigenvalue weighted by Gasteiger charge is 2.29. The Morgan fingerprint density at radius 3 is 2.06 bits per heavy atom. The fourth-order valence-electron chi connectivity index (χ4n) is 2.99. The molecule has 10 heteroatoms. The van der Waals surface area contributed by atoms with Crippen LogP contribution in [0.15, 0.2) is 53.4 Å². The van der Waals surface area contributed by atoms with Crippen LogP contribution >= 0.6 is 0 Å². The number of hydrogen-bond acceptors (Lipinski definition) is 4. The number of sulfonamides is 1. The van der Waals surface area contributed by atoms with Crippen molar-refractivity contribution in [1.29, 1.82) is 0 Å². The number of rotatable bonds is 6. The van der Waals surface area contributed by atoms with Gasteiger partial charge in [0.25, 0.3) is 10.0 Å². The van der Waals surface area contributed by atoms with Gasteiger partial charge in [-0.15, -0.1) is 0 Å². The molecule has 0 spiro atoms. The van der Waals surface area contributed by atoms with Crippen LogP contribution in [0, 0.1) is 23.3 Å². The Labute approximate surface area is 176 Å². The molecular formula is C21H18F4N2O3S. The van der Waals surface area contributed by atoms with Crippen molar-refractivity contribution in [2.75, 3.05) is 30.8 Å². The summed E-state index contributed by atoms with van der Waals surface area (Å²) in [6.45, 7) is 0. The minimum absolute atomic E-state index is 0.0921. The van der Waals surface area contributed by atoms with E-state index in [1.807, 2.05) is 4.72 Å². The summed E-state index contributed by atoms with van der Waals surface area (Å²) in [7, 11) is 0.280. The number of ether oxygens (including phenoxy) is 1. The molecule has 31 heavy (non-hydrogen) atoms. The Balaban J connectivity index is 2.28. The van der Waals surface area contributed by atoms with Crippen LogP contribution in [0.5, 0.6) is 5.75 Å². The normalized spacial score (nSPS) is 11.3. The minimum Gasteiger partial charge on any atom is -0.495 e. The van der Waals surface area contributed by atoms with E-state index in [2.05, 4.69) is 0 Å². The van der Waals surface area contributed by atoms with Crippen molar-refractivity contribution < 1.29 is 30.7 Å². The van der Waals surface area contributed by atoms with Gasteiger partial charge in [0.2, 0.25) is 0 Å². The topological polar surface area (TPSA) is 58.6 Å². The Morgan fingerprint density at radius 2 is 1.48 bits per heavy atom. The average molecular weight is 454 g/mol. The van der Waals surface area contributed by atoms with Gasteiger partial charge in [0, 0.05) is 19.7 Å². The molecule has 0 amide bonds. The summed E-state index contributed by atoms with van der Waals surface area (Å²) >= 11 is 0. The number of anilines is 2. The summed E-state index contributed by atoms with van der Waals surface area (Å²) in [6.07, 6.45) is 0. The Morgan fingerprint density at radius 1 is 0.871 bits per heavy atom. The van der Waals surface area contributed by atoms with Crippen molar-refractivity contribution in [3.63, 3.8) is 0 Å². The first-order chi connectivity index (χ1) is 14.6. The Kier molecular flexibility index (Phi) is 6.12. The zero-order valence-corrected chi connectivity index (χ0v) is 17.5. The number of hydrogen-bond donors (Lipinski definition) is 1. The molecule has 0 radical (unpaired) electrons. The lowest BCUT2D eigenvalue weighted by atomic mass is 10.0. The molecule has 0 aliphatic rings. The van der Waals surface area contributed by atoms with E-state index in [4.69, 9.17) is 4.74 Å². The monoisotopic (exact) mass is 454 g/mol. The maximum Gasteiger partial charge on any atom is 0.262 e. The van der Waals surface area contributed by atoms with E-state index in [0.717, 1.165) is 0 Å². The summed E-state index contributed by atoms with van der Waals surface area (Å²) in [5, 5.41) is 0. The number of benzene rings is 3. The van der Waals surface area contributed by atoms with Gasteiger partial charge >= 0.3 is 0 Å². The van der Waals surface area contributed by atoms with Gasteiger partial charge in [0.15, 0.2) is 23.3 Å². The van der Waals surface area contributed by atoms with Crippen LogP contribution < -0.4 is 14.4 Å². The van der Waals surface area contributed by atoms with Crippen molar-refractivity contribution in [3.8, 4) is 16.9 Å². The predicted molar refractivity (Wildman–Crippen MR) is 110 cm³/mol. The second kappa shape index (κ2) is 8.46. The molecule has 3 aromatic carbocycles. The summed E-state index contributed by atoms with van der Waals surface area (Å²) in [6, 6.07) is 10.9. The van der Waals surface area contributed by atoms with Gasteiger partial charge in [-0.2, -0.15) is 0 Å². The molecule has 0 unspecified atom stereocenters. The van der Waals surface area contributed by atoms with Crippen molar-refractivity contribution in [1.82, 2.24) is 0 Å². The summed E-state index contributed by atoms with van der Waals surface area (Å²) in [5.74, 6) is -7.41. The first-order valence-corrected chi connectivity index (χ1v) is 10.4. The smallest absolute Gasteiger partial charge is 0.262 e. The van der Waals surface area contributed by atoms with E-state index in [0.29, 0.717) is 11.4 Å². The van der Waals surface area contributed by atoms with E-state index in [1.54, 1.807) is 25.1 Å². The summed E-state index contributed by atoms with van der Waals surface area (Å²) < 4.78 is 90.0. The van der Waals surface area contributed by atoms with E-state index in [9.17, 15) is 26.0 Å². The molecule has 0 aliphatic carbocycles. The van der Waals surface area contributed by atoms with Crippen LogP contribution in [0.1, 0.15) is 0 Å². The van der Waals surface area contributed by atoms with Gasteiger partial charge in [0.05, 0.1) is 23.4 Å². The fraction of sp³-hybridized carbons (Fsp3) is 0.143. The number of methoxy groups -OCH3 is 1. The van der Waals surface area contributed by atoms with E-state index in [-0.39, 0.29) is 10.5 Å².